The van der Waals surface area contributed by atoms with Crippen LogP contribution in [-0.2, 0) is 37.4 Å². The van der Waals surface area contributed by atoms with Crippen molar-refractivity contribution in [2.24, 2.45) is 16.7 Å². The van der Waals surface area contributed by atoms with Gasteiger partial charge in [0.25, 0.3) is 0 Å². The van der Waals surface area contributed by atoms with Crippen LogP contribution in [0.2, 0.25) is 61.4 Å². The van der Waals surface area contributed by atoms with E-state index in [0.29, 0.717) is 18.4 Å². The molecule has 4 aliphatic rings. The highest BCUT2D eigenvalue weighted by molar-refractivity contribution is 6.78. The van der Waals surface area contributed by atoms with Gasteiger partial charge in [0.15, 0.2) is 22.2 Å². The molecule has 332 valence electrons. The molecule has 0 amide bonds. The molecule has 5 rings (SSSR count). The number of allylic oxidation sites excluding steroid dienone is 1. The second-order valence-corrected chi connectivity index (χ2v) is 34.9. The maximum absolute atomic E-state index is 14.8. The molecule has 3 fully saturated rings. The highest BCUT2D eigenvalue weighted by Crippen LogP contribution is 2.68. The fourth-order valence-electron chi connectivity index (χ4n) is 12.0. The molecule has 13 heteroatoms. The lowest BCUT2D eigenvalue weighted by Crippen LogP contribution is -2.83. The monoisotopic (exact) mass is 872 g/mol. The standard InChI is InChI=1S/C46H76O10Si3/c1-16-58(17-2,18-3)55-35-27-36-45(29-51-36,54-32(9)48)39-41(53-42(49)33-25-23-22-24-26-33)46(50)28-34(57(13,14)15)30(7)37(43(46,10)11)38(56-59(19-4,20-5)21-6)40(44(35,39)12)52-31(8)47/h22-26,34-36,38-41,50H,16-21,27-29H2,1-15H3/t34-,35-,36+,38+,39?,40+,41-,44+,45-,46+/m0/s1. The number of aliphatic hydroxyl groups is 1. The second-order valence-electron chi connectivity index (χ2n) is 20.1. The quantitative estimate of drug-likeness (QED) is 0.0788. The molecule has 1 aromatic rings. The number of esters is 3. The topological polar surface area (TPSA) is 127 Å². The van der Waals surface area contributed by atoms with Crippen LogP contribution in [0.25, 0.3) is 0 Å². The Morgan fingerprint density at radius 1 is 0.797 bits per heavy atom. The number of hydrogen-bond donors (Lipinski definition) is 1. The summed E-state index contributed by atoms with van der Waals surface area (Å²) in [5.74, 6) is -2.53. The van der Waals surface area contributed by atoms with Gasteiger partial charge >= 0.3 is 17.9 Å². The second kappa shape index (κ2) is 17.2. The van der Waals surface area contributed by atoms with Gasteiger partial charge in [0.1, 0.15) is 30.0 Å². The minimum absolute atomic E-state index is 0.0209. The predicted molar refractivity (Wildman–Crippen MR) is 239 cm³/mol. The zero-order valence-electron chi connectivity index (χ0n) is 38.9. The van der Waals surface area contributed by atoms with Crippen LogP contribution < -0.4 is 0 Å². The molecule has 10 atom stereocenters. The van der Waals surface area contributed by atoms with E-state index < -0.39 is 101 Å². The largest absolute Gasteiger partial charge is 0.459 e. The van der Waals surface area contributed by atoms with Crippen LogP contribution in [0.15, 0.2) is 41.5 Å². The average molecular weight is 873 g/mol. The number of fused-ring (bicyclic) bond motifs is 5. The summed E-state index contributed by atoms with van der Waals surface area (Å²) in [7, 11) is -7.13. The molecule has 3 aliphatic carbocycles. The van der Waals surface area contributed by atoms with Crippen LogP contribution in [0.5, 0.6) is 0 Å². The molecule has 1 heterocycles. The summed E-state index contributed by atoms with van der Waals surface area (Å²) in [6.45, 7) is 31.3. The summed E-state index contributed by atoms with van der Waals surface area (Å²) >= 11 is 0. The van der Waals surface area contributed by atoms with E-state index in [4.69, 9.17) is 27.8 Å². The molecule has 1 aliphatic heterocycles. The number of hydrogen-bond acceptors (Lipinski definition) is 10. The summed E-state index contributed by atoms with van der Waals surface area (Å²) in [6.07, 6.45) is -3.59. The first-order chi connectivity index (χ1) is 27.5. The van der Waals surface area contributed by atoms with Crippen LogP contribution >= 0.6 is 0 Å². The zero-order valence-corrected chi connectivity index (χ0v) is 41.9. The van der Waals surface area contributed by atoms with Crippen molar-refractivity contribution >= 4 is 42.6 Å². The van der Waals surface area contributed by atoms with Gasteiger partial charge in [0, 0.05) is 31.1 Å². The molecule has 1 N–H and O–H groups in total. The highest BCUT2D eigenvalue weighted by atomic mass is 28.4. The molecule has 2 bridgehead atoms. The Labute approximate surface area is 358 Å². The lowest BCUT2D eigenvalue weighted by molar-refractivity contribution is -0.362. The maximum Gasteiger partial charge on any atom is 0.338 e. The molecular formula is C46H76O10Si3. The summed E-state index contributed by atoms with van der Waals surface area (Å²) < 4.78 is 42.4. The SMILES string of the molecule is CC[Si](CC)(CC)O[C@@H]1C2=C(C)[C@@H]([Si](C)(C)C)C[C@@](O)([C@@H](OC(=O)c3ccccc3)C3[C@@](C)([C@@H](O[Si](CC)(CC)CC)C[C@H]4OC[C@@]34OC(C)=O)[C@@H]1OC(C)=O)C2(C)C. The molecule has 59 heavy (non-hydrogen) atoms. The minimum Gasteiger partial charge on any atom is -0.459 e. The smallest absolute Gasteiger partial charge is 0.338 e. The number of carbonyl (C=O) groups is 3. The molecule has 0 aromatic heterocycles. The van der Waals surface area contributed by atoms with Crippen LogP contribution in [0.4, 0.5) is 0 Å². The first kappa shape index (κ1) is 47.9. The summed E-state index contributed by atoms with van der Waals surface area (Å²) in [4.78, 5) is 42.2. The Bertz CT molecular complexity index is 1720. The highest BCUT2D eigenvalue weighted by Gasteiger charge is 2.79. The Kier molecular flexibility index (Phi) is 14.0. The van der Waals surface area contributed by atoms with Crippen LogP contribution in [0, 0.1) is 16.7 Å². The summed E-state index contributed by atoms with van der Waals surface area (Å²) in [5, 5.41) is 14.3. The molecule has 0 radical (unpaired) electrons. The van der Waals surface area contributed by atoms with Gasteiger partial charge < -0.3 is 32.9 Å². The van der Waals surface area contributed by atoms with Crippen molar-refractivity contribution in [2.75, 3.05) is 6.61 Å². The first-order valence-electron chi connectivity index (χ1n) is 22.5. The first-order valence-corrected chi connectivity index (χ1v) is 31.1. The summed E-state index contributed by atoms with van der Waals surface area (Å²) in [5.41, 5.74) is -3.07. The number of rotatable bonds is 15. The molecule has 1 aromatic carbocycles. The van der Waals surface area contributed by atoms with Gasteiger partial charge in [-0.05, 0) is 72.9 Å². The lowest BCUT2D eigenvalue weighted by atomic mass is 9.44. The molecular weight excluding hydrogens is 797 g/mol. The van der Waals surface area contributed by atoms with E-state index in [0.717, 1.165) is 47.4 Å². The van der Waals surface area contributed by atoms with E-state index in [1.807, 2.05) is 19.9 Å². The van der Waals surface area contributed by atoms with E-state index in [2.05, 4.69) is 75.0 Å². The number of benzene rings is 1. The van der Waals surface area contributed by atoms with Crippen molar-refractivity contribution in [3.8, 4) is 0 Å². The van der Waals surface area contributed by atoms with Gasteiger partial charge in [0.2, 0.25) is 0 Å². The predicted octanol–water partition coefficient (Wildman–Crippen LogP) is 9.85. The van der Waals surface area contributed by atoms with Crippen molar-refractivity contribution in [1.29, 1.82) is 0 Å². The minimum atomic E-state index is -2.53. The Morgan fingerprint density at radius 3 is 1.80 bits per heavy atom. The van der Waals surface area contributed by atoms with Crippen LogP contribution in [0.3, 0.4) is 0 Å². The molecule has 2 saturated carbocycles. The summed E-state index contributed by atoms with van der Waals surface area (Å²) in [6, 6.07) is 14.0. The Balaban J connectivity index is 2.03. The Hall–Kier alpha value is -2.14. The van der Waals surface area contributed by atoms with E-state index in [9.17, 15) is 19.5 Å². The normalized spacial score (nSPS) is 34.3. The fraction of sp³-hybridized carbons (Fsp3) is 0.761. The van der Waals surface area contributed by atoms with Crippen molar-refractivity contribution < 1.29 is 47.3 Å². The van der Waals surface area contributed by atoms with Crippen molar-refractivity contribution in [1.82, 2.24) is 0 Å². The number of ether oxygens (including phenoxy) is 4. The van der Waals surface area contributed by atoms with E-state index >= 15 is 0 Å². The Morgan fingerprint density at radius 2 is 1.34 bits per heavy atom. The van der Waals surface area contributed by atoms with Gasteiger partial charge in [-0.3, -0.25) is 9.59 Å². The average Bonchev–Trinajstić information content (AvgIpc) is 3.17. The maximum atomic E-state index is 14.8. The van der Waals surface area contributed by atoms with Crippen LogP contribution in [0.1, 0.15) is 106 Å². The molecule has 10 nitrogen and oxygen atoms in total. The van der Waals surface area contributed by atoms with E-state index in [1.165, 1.54) is 13.8 Å². The molecule has 1 unspecified atom stereocenters. The van der Waals surface area contributed by atoms with Gasteiger partial charge in [-0.1, -0.05) is 106 Å². The van der Waals surface area contributed by atoms with Crippen LogP contribution in [-0.4, -0.2) is 96.1 Å². The molecule has 0 spiro atoms. The van der Waals surface area contributed by atoms with Gasteiger partial charge in [-0.2, -0.15) is 0 Å². The lowest BCUT2D eigenvalue weighted by Gasteiger charge is -2.71. The van der Waals surface area contributed by atoms with E-state index in [1.54, 1.807) is 24.3 Å². The third-order valence-electron chi connectivity index (χ3n) is 16.1. The van der Waals surface area contributed by atoms with Crippen molar-refractivity contribution in [3.63, 3.8) is 0 Å². The van der Waals surface area contributed by atoms with Gasteiger partial charge in [-0.15, -0.1) is 0 Å². The van der Waals surface area contributed by atoms with Crippen molar-refractivity contribution in [2.45, 2.75) is 199 Å². The fourth-order valence-corrected chi connectivity index (χ4v) is 20.1. The third-order valence-corrected chi connectivity index (χ3v) is 28.1. The number of carbonyl (C=O) groups excluding carboxylic acids is 3. The van der Waals surface area contributed by atoms with Gasteiger partial charge in [-0.25, -0.2) is 4.79 Å². The molecule has 1 saturated heterocycles. The van der Waals surface area contributed by atoms with Gasteiger partial charge in [0.05, 0.1) is 32.3 Å². The third kappa shape index (κ3) is 7.94. The zero-order chi connectivity index (χ0) is 44.1. The van der Waals surface area contributed by atoms with E-state index in [-0.39, 0.29) is 12.1 Å². The van der Waals surface area contributed by atoms with Crippen molar-refractivity contribution in [3.05, 3.63) is 47.0 Å².